The van der Waals surface area contributed by atoms with Crippen LogP contribution < -0.4 is 10.2 Å². The molecule has 3 rings (SSSR count). The van der Waals surface area contributed by atoms with Crippen LogP contribution in [-0.4, -0.2) is 29.6 Å². The number of amides is 1. The summed E-state index contributed by atoms with van der Waals surface area (Å²) in [5, 5.41) is 14.2. The van der Waals surface area contributed by atoms with Gasteiger partial charge in [0, 0.05) is 24.7 Å². The molecular formula is C22H26FN3O4. The summed E-state index contributed by atoms with van der Waals surface area (Å²) in [7, 11) is 0. The van der Waals surface area contributed by atoms with Gasteiger partial charge in [-0.15, -0.1) is 0 Å². The van der Waals surface area contributed by atoms with Crippen LogP contribution in [0.15, 0.2) is 48.5 Å². The number of para-hydroxylation sites is 1. The van der Waals surface area contributed by atoms with Crippen LogP contribution in [-0.2, 0) is 11.3 Å². The number of halogens is 1. The molecule has 2 aromatic rings. The highest BCUT2D eigenvalue weighted by molar-refractivity contribution is 5.68. The third-order valence-corrected chi connectivity index (χ3v) is 5.63. The molecule has 30 heavy (non-hydrogen) atoms. The highest BCUT2D eigenvalue weighted by atomic mass is 19.1. The standard InChI is InChI=1S/C22H26FN3O4/c1-22(2,24-21(27)30-15-16-7-4-3-5-8-16)17-11-13-25(14-12-17)20-18(23)9-6-10-19(20)26(28)29/h3-10,17H,11-15H2,1-2H3,(H,24,27). The fourth-order valence-corrected chi connectivity index (χ4v) is 3.91. The first-order valence-electron chi connectivity index (χ1n) is 9.94. The van der Waals surface area contributed by atoms with E-state index in [0.717, 1.165) is 5.56 Å². The summed E-state index contributed by atoms with van der Waals surface area (Å²) in [6, 6.07) is 13.3. The number of nitro benzene ring substituents is 1. The molecule has 1 heterocycles. The largest absolute Gasteiger partial charge is 0.445 e. The number of benzene rings is 2. The van der Waals surface area contributed by atoms with Crippen LogP contribution >= 0.6 is 0 Å². The lowest BCUT2D eigenvalue weighted by Crippen LogP contribution is -2.52. The van der Waals surface area contributed by atoms with E-state index in [1.165, 1.54) is 18.2 Å². The second kappa shape index (κ2) is 9.11. The number of anilines is 1. The summed E-state index contributed by atoms with van der Waals surface area (Å²) in [6.07, 6.45) is 0.838. The Kier molecular flexibility index (Phi) is 6.54. The minimum absolute atomic E-state index is 0.0361. The lowest BCUT2D eigenvalue weighted by atomic mass is 9.80. The third kappa shape index (κ3) is 5.06. The number of piperidine rings is 1. The highest BCUT2D eigenvalue weighted by Crippen LogP contribution is 2.36. The Bertz CT molecular complexity index is 897. The number of carbonyl (C=O) groups is 1. The molecule has 0 aliphatic carbocycles. The maximum absolute atomic E-state index is 14.3. The molecule has 1 aliphatic heterocycles. The van der Waals surface area contributed by atoms with Gasteiger partial charge in [0.1, 0.15) is 6.61 Å². The zero-order valence-corrected chi connectivity index (χ0v) is 17.1. The Labute approximate surface area is 175 Å². The maximum Gasteiger partial charge on any atom is 0.407 e. The van der Waals surface area contributed by atoms with Crippen molar-refractivity contribution in [3.8, 4) is 0 Å². The fraction of sp³-hybridized carbons (Fsp3) is 0.409. The Hall–Kier alpha value is -3.16. The van der Waals surface area contributed by atoms with Gasteiger partial charge < -0.3 is 15.0 Å². The van der Waals surface area contributed by atoms with Gasteiger partial charge in [-0.05, 0) is 44.2 Å². The van der Waals surface area contributed by atoms with Gasteiger partial charge in [-0.2, -0.15) is 0 Å². The second-order valence-corrected chi connectivity index (χ2v) is 8.03. The second-order valence-electron chi connectivity index (χ2n) is 8.03. The van der Waals surface area contributed by atoms with E-state index in [1.54, 1.807) is 4.90 Å². The van der Waals surface area contributed by atoms with E-state index in [1.807, 2.05) is 44.2 Å². The number of hydrogen-bond acceptors (Lipinski definition) is 5. The predicted octanol–water partition coefficient (Wildman–Crippen LogP) is 4.66. The van der Waals surface area contributed by atoms with Gasteiger partial charge >= 0.3 is 6.09 Å². The minimum Gasteiger partial charge on any atom is -0.445 e. The van der Waals surface area contributed by atoms with Gasteiger partial charge in [0.2, 0.25) is 0 Å². The molecule has 160 valence electrons. The molecule has 0 atom stereocenters. The molecule has 2 aromatic carbocycles. The summed E-state index contributed by atoms with van der Waals surface area (Å²) in [5.41, 5.74) is 0.190. The van der Waals surface area contributed by atoms with E-state index in [4.69, 9.17) is 4.74 Å². The van der Waals surface area contributed by atoms with Crippen LogP contribution in [0.2, 0.25) is 0 Å². The Balaban J connectivity index is 1.57. The van der Waals surface area contributed by atoms with Crippen molar-refractivity contribution in [3.63, 3.8) is 0 Å². The number of alkyl carbamates (subject to hydrolysis) is 1. The fourth-order valence-electron chi connectivity index (χ4n) is 3.91. The van der Waals surface area contributed by atoms with E-state index in [2.05, 4.69) is 5.32 Å². The monoisotopic (exact) mass is 415 g/mol. The van der Waals surface area contributed by atoms with Gasteiger partial charge in [0.25, 0.3) is 5.69 Å². The summed E-state index contributed by atoms with van der Waals surface area (Å²) in [5.74, 6) is -0.464. The maximum atomic E-state index is 14.3. The molecule has 8 heteroatoms. The molecule has 7 nitrogen and oxygen atoms in total. The van der Waals surface area contributed by atoms with Gasteiger partial charge in [-0.3, -0.25) is 10.1 Å². The first kappa shape index (κ1) is 21.5. The van der Waals surface area contributed by atoms with Gasteiger partial charge in [-0.1, -0.05) is 36.4 Å². The first-order chi connectivity index (χ1) is 14.3. The number of carbonyl (C=O) groups excluding carboxylic acids is 1. The van der Waals surface area contributed by atoms with Crippen LogP contribution in [0.3, 0.4) is 0 Å². The lowest BCUT2D eigenvalue weighted by molar-refractivity contribution is -0.384. The summed E-state index contributed by atoms with van der Waals surface area (Å²) in [6.45, 7) is 5.00. The number of nitrogens with zero attached hydrogens (tertiary/aromatic N) is 2. The molecule has 1 saturated heterocycles. The van der Waals surface area contributed by atoms with Crippen LogP contribution in [0, 0.1) is 21.8 Å². The molecule has 0 bridgehead atoms. The molecule has 0 spiro atoms. The van der Waals surface area contributed by atoms with Crippen molar-refractivity contribution < 1.29 is 18.8 Å². The summed E-state index contributed by atoms with van der Waals surface area (Å²) >= 11 is 0. The highest BCUT2D eigenvalue weighted by Gasteiger charge is 2.36. The van der Waals surface area contributed by atoms with Gasteiger partial charge in [0.05, 0.1) is 4.92 Å². The topological polar surface area (TPSA) is 84.7 Å². The number of rotatable bonds is 6. The molecule has 1 fully saturated rings. The lowest BCUT2D eigenvalue weighted by Gasteiger charge is -2.41. The van der Waals surface area contributed by atoms with Crippen molar-refractivity contribution in [1.82, 2.24) is 5.32 Å². The zero-order chi connectivity index (χ0) is 21.7. The molecule has 0 aromatic heterocycles. The summed E-state index contributed by atoms with van der Waals surface area (Å²) in [4.78, 5) is 24.7. The molecule has 1 amide bonds. The van der Waals surface area contributed by atoms with Crippen LogP contribution in [0.4, 0.5) is 20.6 Å². The van der Waals surface area contributed by atoms with Crippen LogP contribution in [0.1, 0.15) is 32.3 Å². The quantitative estimate of drug-likeness (QED) is 0.548. The SMILES string of the molecule is CC(C)(NC(=O)OCc1ccccc1)C1CCN(c2c(F)cccc2[N+](=O)[O-])CC1. The van der Waals surface area contributed by atoms with Crippen LogP contribution in [0.5, 0.6) is 0 Å². The number of nitro groups is 1. The van der Waals surface area contributed by atoms with E-state index in [-0.39, 0.29) is 23.9 Å². The van der Waals surface area contributed by atoms with E-state index >= 15 is 0 Å². The van der Waals surface area contributed by atoms with Crippen molar-refractivity contribution in [2.24, 2.45) is 5.92 Å². The Morgan fingerprint density at radius 2 is 1.87 bits per heavy atom. The smallest absolute Gasteiger partial charge is 0.407 e. The molecule has 0 unspecified atom stereocenters. The van der Waals surface area contributed by atoms with Crippen molar-refractivity contribution >= 4 is 17.5 Å². The van der Waals surface area contributed by atoms with Gasteiger partial charge in [0.15, 0.2) is 11.5 Å². The normalized spacial score (nSPS) is 15.0. The van der Waals surface area contributed by atoms with Crippen molar-refractivity contribution in [2.45, 2.75) is 38.8 Å². The Morgan fingerprint density at radius 1 is 1.20 bits per heavy atom. The van der Waals surface area contributed by atoms with E-state index in [0.29, 0.717) is 25.9 Å². The predicted molar refractivity (Wildman–Crippen MR) is 112 cm³/mol. The van der Waals surface area contributed by atoms with Crippen molar-refractivity contribution in [2.75, 3.05) is 18.0 Å². The van der Waals surface area contributed by atoms with E-state index in [9.17, 15) is 19.3 Å². The molecule has 0 radical (unpaired) electrons. The summed E-state index contributed by atoms with van der Waals surface area (Å²) < 4.78 is 19.6. The van der Waals surface area contributed by atoms with Gasteiger partial charge in [-0.25, -0.2) is 9.18 Å². The first-order valence-corrected chi connectivity index (χ1v) is 9.94. The minimum atomic E-state index is -0.593. The molecule has 0 saturated carbocycles. The third-order valence-electron chi connectivity index (χ3n) is 5.63. The molecule has 1 aliphatic rings. The average Bonchev–Trinajstić information content (AvgIpc) is 2.72. The van der Waals surface area contributed by atoms with Crippen molar-refractivity contribution in [1.29, 1.82) is 0 Å². The van der Waals surface area contributed by atoms with Crippen molar-refractivity contribution in [3.05, 3.63) is 70.0 Å². The number of nitrogens with one attached hydrogen (secondary N) is 1. The average molecular weight is 415 g/mol. The number of hydrogen-bond donors (Lipinski definition) is 1. The Morgan fingerprint density at radius 3 is 2.50 bits per heavy atom. The van der Waals surface area contributed by atoms with Crippen LogP contribution in [0.25, 0.3) is 0 Å². The van der Waals surface area contributed by atoms with E-state index < -0.39 is 22.4 Å². The molecule has 1 N–H and O–H groups in total. The number of ether oxygens (including phenoxy) is 1. The zero-order valence-electron chi connectivity index (χ0n) is 17.1. The molecular weight excluding hydrogens is 389 g/mol.